The number of hydrogen-bond acceptors (Lipinski definition) is 5. The molecule has 22 heavy (non-hydrogen) atoms. The summed E-state index contributed by atoms with van der Waals surface area (Å²) in [6, 6.07) is 8.41. The number of esters is 1. The smallest absolute Gasteiger partial charge is 0.328 e. The SMILES string of the molecule is CCOC(=O)[C@@]1(C#N)[C@@H](c2ccc(Cl)cc2)[C@@H]1S(=O)(=O)CC. The van der Waals surface area contributed by atoms with E-state index >= 15 is 0 Å². The maximum Gasteiger partial charge on any atom is 0.328 e. The lowest BCUT2D eigenvalue weighted by Gasteiger charge is -2.08. The molecule has 0 amide bonds. The highest BCUT2D eigenvalue weighted by atomic mass is 35.5. The first kappa shape index (κ1) is 16.8. The van der Waals surface area contributed by atoms with Crippen molar-refractivity contribution in [2.75, 3.05) is 12.4 Å². The molecule has 3 atom stereocenters. The van der Waals surface area contributed by atoms with Gasteiger partial charge in [-0.15, -0.1) is 0 Å². The van der Waals surface area contributed by atoms with Crippen molar-refractivity contribution >= 4 is 27.4 Å². The van der Waals surface area contributed by atoms with Crippen LogP contribution < -0.4 is 0 Å². The Labute approximate surface area is 134 Å². The van der Waals surface area contributed by atoms with Gasteiger partial charge in [0.2, 0.25) is 0 Å². The molecule has 0 bridgehead atoms. The maximum absolute atomic E-state index is 12.3. The minimum absolute atomic E-state index is 0.0918. The van der Waals surface area contributed by atoms with E-state index in [0.717, 1.165) is 0 Å². The van der Waals surface area contributed by atoms with E-state index in [1.54, 1.807) is 31.2 Å². The number of carbonyl (C=O) groups is 1. The average Bonchev–Trinajstić information content (AvgIpc) is 3.20. The molecule has 0 aromatic heterocycles. The van der Waals surface area contributed by atoms with Crippen LogP contribution in [0.4, 0.5) is 0 Å². The maximum atomic E-state index is 12.3. The number of rotatable bonds is 5. The minimum atomic E-state index is -3.57. The number of sulfone groups is 1. The summed E-state index contributed by atoms with van der Waals surface area (Å²) in [6.45, 7) is 3.21. The Morgan fingerprint density at radius 2 is 1.95 bits per heavy atom. The molecule has 1 aliphatic carbocycles. The van der Waals surface area contributed by atoms with Crippen LogP contribution in [-0.2, 0) is 19.4 Å². The monoisotopic (exact) mass is 341 g/mol. The zero-order chi connectivity index (χ0) is 16.5. The highest BCUT2D eigenvalue weighted by Crippen LogP contribution is 2.63. The number of carbonyl (C=O) groups excluding carboxylic acids is 1. The van der Waals surface area contributed by atoms with Crippen LogP contribution in [0.25, 0.3) is 0 Å². The molecule has 1 aromatic carbocycles. The summed E-state index contributed by atoms with van der Waals surface area (Å²) in [5.41, 5.74) is -1.07. The van der Waals surface area contributed by atoms with Gasteiger partial charge >= 0.3 is 5.97 Å². The van der Waals surface area contributed by atoms with Crippen LogP contribution in [0.1, 0.15) is 25.3 Å². The van der Waals surface area contributed by atoms with Gasteiger partial charge in [-0.25, -0.2) is 8.42 Å². The third-order valence-electron chi connectivity index (χ3n) is 3.95. The molecular weight excluding hydrogens is 326 g/mol. The molecule has 7 heteroatoms. The predicted molar refractivity (Wildman–Crippen MR) is 82.1 cm³/mol. The fraction of sp³-hybridized carbons (Fsp3) is 0.467. The van der Waals surface area contributed by atoms with E-state index in [2.05, 4.69) is 0 Å². The molecule has 118 valence electrons. The standard InChI is InChI=1S/C15H16ClNO4S/c1-3-21-14(18)15(9-17)12(13(15)22(19,20)4-2)10-5-7-11(16)8-6-10/h5-8,12-13H,3-4H2,1-2H3/t12-,13-,15-/m0/s1. The number of nitriles is 1. The van der Waals surface area contributed by atoms with Crippen molar-refractivity contribution in [3.05, 3.63) is 34.9 Å². The van der Waals surface area contributed by atoms with Crippen molar-refractivity contribution in [2.45, 2.75) is 25.0 Å². The molecule has 0 unspecified atom stereocenters. The first-order valence-corrected chi connectivity index (χ1v) is 9.00. The van der Waals surface area contributed by atoms with Crippen LogP contribution in [0, 0.1) is 16.7 Å². The fourth-order valence-electron chi connectivity index (χ4n) is 2.81. The highest BCUT2D eigenvalue weighted by molar-refractivity contribution is 7.92. The molecule has 5 nitrogen and oxygen atoms in total. The van der Waals surface area contributed by atoms with Crippen LogP contribution in [0.2, 0.25) is 5.02 Å². The lowest BCUT2D eigenvalue weighted by molar-refractivity contribution is -0.147. The molecular formula is C15H16ClNO4S. The van der Waals surface area contributed by atoms with E-state index in [4.69, 9.17) is 16.3 Å². The van der Waals surface area contributed by atoms with Crippen LogP contribution in [0.5, 0.6) is 0 Å². The number of hydrogen-bond donors (Lipinski definition) is 0. The van der Waals surface area contributed by atoms with Crippen LogP contribution in [-0.4, -0.2) is 32.0 Å². The molecule has 0 aliphatic heterocycles. The van der Waals surface area contributed by atoms with Gasteiger partial charge in [-0.05, 0) is 24.6 Å². The Morgan fingerprint density at radius 3 is 2.41 bits per heavy atom. The Hall–Kier alpha value is -1.58. The third-order valence-corrected chi connectivity index (χ3v) is 6.42. The molecule has 0 N–H and O–H groups in total. The van der Waals surface area contributed by atoms with Crippen LogP contribution in [0.15, 0.2) is 24.3 Å². The number of halogens is 1. The van der Waals surface area contributed by atoms with Crippen LogP contribution in [0.3, 0.4) is 0 Å². The Morgan fingerprint density at radius 1 is 1.36 bits per heavy atom. The quantitative estimate of drug-likeness (QED) is 0.767. The number of nitrogens with zero attached hydrogens (tertiary/aromatic N) is 1. The topological polar surface area (TPSA) is 84.2 Å². The summed E-state index contributed by atoms with van der Waals surface area (Å²) in [4.78, 5) is 12.2. The molecule has 1 saturated carbocycles. The lowest BCUT2D eigenvalue weighted by Crippen LogP contribution is -2.26. The van der Waals surface area contributed by atoms with Gasteiger partial charge in [-0.3, -0.25) is 4.79 Å². The molecule has 1 aromatic rings. The van der Waals surface area contributed by atoms with E-state index in [1.807, 2.05) is 6.07 Å². The molecule has 0 saturated heterocycles. The van der Waals surface area contributed by atoms with Gasteiger partial charge in [0, 0.05) is 16.7 Å². The lowest BCUT2D eigenvalue weighted by atomic mass is 10.0. The zero-order valence-electron chi connectivity index (χ0n) is 12.2. The van der Waals surface area contributed by atoms with Gasteiger partial charge in [0.1, 0.15) is 5.25 Å². The van der Waals surface area contributed by atoms with Crippen LogP contribution >= 0.6 is 11.6 Å². The van der Waals surface area contributed by atoms with Gasteiger partial charge in [0.15, 0.2) is 15.3 Å². The van der Waals surface area contributed by atoms with Gasteiger partial charge < -0.3 is 4.74 Å². The van der Waals surface area contributed by atoms with Gasteiger partial charge in [-0.1, -0.05) is 30.7 Å². The van der Waals surface area contributed by atoms with Gasteiger partial charge in [0.25, 0.3) is 0 Å². The van der Waals surface area contributed by atoms with Gasteiger partial charge in [0.05, 0.1) is 12.7 Å². The molecule has 0 heterocycles. The van der Waals surface area contributed by atoms with E-state index < -0.39 is 32.4 Å². The summed E-state index contributed by atoms with van der Waals surface area (Å²) in [5.74, 6) is -1.64. The van der Waals surface area contributed by atoms with E-state index in [0.29, 0.717) is 10.6 Å². The average molecular weight is 342 g/mol. The van der Waals surface area contributed by atoms with Gasteiger partial charge in [-0.2, -0.15) is 5.26 Å². The van der Waals surface area contributed by atoms with Crippen molar-refractivity contribution in [3.63, 3.8) is 0 Å². The third kappa shape index (κ3) is 2.49. The molecule has 2 rings (SSSR count). The van der Waals surface area contributed by atoms with E-state index in [1.165, 1.54) is 6.92 Å². The first-order valence-electron chi connectivity index (χ1n) is 6.90. The Balaban J connectivity index is 2.52. The normalized spacial score (nSPS) is 27.0. The minimum Gasteiger partial charge on any atom is -0.465 e. The predicted octanol–water partition coefficient (Wildman–Crippen LogP) is 2.31. The zero-order valence-corrected chi connectivity index (χ0v) is 13.8. The second kappa shape index (κ2) is 5.90. The fourth-order valence-corrected chi connectivity index (χ4v) is 4.86. The summed E-state index contributed by atoms with van der Waals surface area (Å²) in [7, 11) is -3.57. The second-order valence-electron chi connectivity index (χ2n) is 5.10. The highest BCUT2D eigenvalue weighted by Gasteiger charge is 2.77. The second-order valence-corrected chi connectivity index (χ2v) is 7.95. The Kier molecular flexibility index (Phi) is 4.50. The van der Waals surface area contributed by atoms with Crippen molar-refractivity contribution < 1.29 is 17.9 Å². The number of benzene rings is 1. The van der Waals surface area contributed by atoms with Crippen molar-refractivity contribution in [2.24, 2.45) is 5.41 Å². The Bertz CT molecular complexity index is 723. The molecule has 0 spiro atoms. The molecule has 1 aliphatic rings. The summed E-state index contributed by atoms with van der Waals surface area (Å²) in [6.07, 6.45) is 0. The largest absolute Gasteiger partial charge is 0.465 e. The van der Waals surface area contributed by atoms with E-state index in [-0.39, 0.29) is 12.4 Å². The first-order chi connectivity index (χ1) is 10.3. The molecule has 1 fully saturated rings. The van der Waals surface area contributed by atoms with Crippen molar-refractivity contribution in [1.29, 1.82) is 5.26 Å². The number of ether oxygens (including phenoxy) is 1. The van der Waals surface area contributed by atoms with Crippen molar-refractivity contribution in [1.82, 2.24) is 0 Å². The molecule has 0 radical (unpaired) electrons. The summed E-state index contributed by atoms with van der Waals surface area (Å²) < 4.78 is 29.6. The van der Waals surface area contributed by atoms with Crippen molar-refractivity contribution in [3.8, 4) is 6.07 Å². The summed E-state index contributed by atoms with van der Waals surface area (Å²) in [5, 5.41) is 8.95. The van der Waals surface area contributed by atoms with E-state index in [9.17, 15) is 18.5 Å². The summed E-state index contributed by atoms with van der Waals surface area (Å²) >= 11 is 5.83.